The van der Waals surface area contributed by atoms with Gasteiger partial charge in [-0.1, -0.05) is 0 Å². The van der Waals surface area contributed by atoms with Gasteiger partial charge in [0.2, 0.25) is 0 Å². The first-order chi connectivity index (χ1) is 9.83. The molecule has 0 bridgehead atoms. The van der Waals surface area contributed by atoms with Crippen LogP contribution < -0.4 is 0 Å². The van der Waals surface area contributed by atoms with Crippen LogP contribution in [0.1, 0.15) is 37.7 Å². The Hall–Kier alpha value is -0.571. The second-order valence-electron chi connectivity index (χ2n) is 7.60. The minimum atomic E-state index is -2.13. The molecule has 0 amide bonds. The number of rotatable bonds is 5. The third-order valence-electron chi connectivity index (χ3n) is 4.90. The molecule has 1 atom stereocenters. The van der Waals surface area contributed by atoms with Crippen LogP contribution in [0.25, 0.3) is 0 Å². The van der Waals surface area contributed by atoms with Gasteiger partial charge in [-0.15, -0.1) is 0 Å². The maximum atomic E-state index is 12.8. The molecule has 1 fully saturated rings. The predicted octanol–water partition coefficient (Wildman–Crippen LogP) is 5.18. The zero-order valence-corrected chi connectivity index (χ0v) is 16.6. The molecular weight excluding hydrogens is 363 g/mol. The first kappa shape index (κ1) is 16.8. The first-order valence-electron chi connectivity index (χ1n) is 8.09. The average Bonchev–Trinajstić information content (AvgIpc) is 2.42. The monoisotopic (exact) mass is 392 g/mol. The van der Waals surface area contributed by atoms with Gasteiger partial charge >= 0.3 is 134 Å². The molecule has 0 saturated heterocycles. The van der Waals surface area contributed by atoms with E-state index in [2.05, 4.69) is 45.7 Å². The van der Waals surface area contributed by atoms with Gasteiger partial charge in [-0.05, 0) is 0 Å². The number of allylic oxidation sites excluding steroid dienone is 1. The van der Waals surface area contributed by atoms with Crippen LogP contribution in [-0.2, 0) is 11.2 Å². The van der Waals surface area contributed by atoms with Crippen molar-refractivity contribution in [3.05, 3.63) is 46.1 Å². The molecule has 0 radical (unpaired) electrons. The number of ketones is 1. The van der Waals surface area contributed by atoms with Crippen LogP contribution in [0.2, 0.25) is 14.8 Å². The number of benzene rings is 1. The molecule has 0 N–H and O–H groups in total. The van der Waals surface area contributed by atoms with Crippen LogP contribution >= 0.6 is 0 Å². The Kier molecular flexibility index (Phi) is 5.34. The van der Waals surface area contributed by atoms with Gasteiger partial charge < -0.3 is 0 Å². The number of carbonyl (C=O) groups is 1. The summed E-state index contributed by atoms with van der Waals surface area (Å²) in [5.74, 6) is 0.481. The van der Waals surface area contributed by atoms with Crippen LogP contribution in [0.15, 0.2) is 40.5 Å². The van der Waals surface area contributed by atoms with Gasteiger partial charge in [-0.2, -0.15) is 0 Å². The van der Waals surface area contributed by atoms with E-state index in [-0.39, 0.29) is 5.41 Å². The predicted molar refractivity (Wildman–Crippen MR) is 93.2 cm³/mol. The van der Waals surface area contributed by atoms with Crippen LogP contribution in [0, 0.1) is 5.41 Å². The SMILES string of the molecule is C=[C](CC1(Cc2ccccc2)CCCCC1=O)[Sn]([CH3])([CH3])[CH3]. The third kappa shape index (κ3) is 4.21. The van der Waals surface area contributed by atoms with E-state index in [0.717, 1.165) is 32.1 Å². The van der Waals surface area contributed by atoms with Crippen molar-refractivity contribution in [3.63, 3.8) is 0 Å². The van der Waals surface area contributed by atoms with Crippen LogP contribution in [-0.4, -0.2) is 24.2 Å². The summed E-state index contributed by atoms with van der Waals surface area (Å²) < 4.78 is 1.41. The molecule has 0 aliphatic heterocycles. The van der Waals surface area contributed by atoms with Crippen molar-refractivity contribution in [1.29, 1.82) is 0 Å². The topological polar surface area (TPSA) is 17.1 Å². The van der Waals surface area contributed by atoms with Gasteiger partial charge in [0.1, 0.15) is 0 Å². The van der Waals surface area contributed by atoms with Crippen molar-refractivity contribution >= 4 is 24.2 Å². The number of Topliss-reactive ketones (excluding diaryl/α,β-unsaturated/α-hetero) is 1. The average molecular weight is 391 g/mol. The molecule has 0 aromatic heterocycles. The van der Waals surface area contributed by atoms with E-state index >= 15 is 0 Å². The molecule has 1 nitrogen and oxygen atoms in total. The van der Waals surface area contributed by atoms with Gasteiger partial charge in [0, 0.05) is 0 Å². The van der Waals surface area contributed by atoms with Crippen molar-refractivity contribution < 1.29 is 4.79 Å². The van der Waals surface area contributed by atoms with Crippen molar-refractivity contribution in [2.24, 2.45) is 5.41 Å². The van der Waals surface area contributed by atoms with E-state index in [9.17, 15) is 4.79 Å². The zero-order valence-electron chi connectivity index (χ0n) is 13.7. The Morgan fingerprint density at radius 3 is 2.43 bits per heavy atom. The fourth-order valence-corrected chi connectivity index (χ4v) is 5.73. The molecule has 1 unspecified atom stereocenters. The van der Waals surface area contributed by atoms with E-state index in [1.807, 2.05) is 6.07 Å². The van der Waals surface area contributed by atoms with E-state index in [1.165, 1.54) is 15.6 Å². The summed E-state index contributed by atoms with van der Waals surface area (Å²) in [5.41, 5.74) is 1.13. The summed E-state index contributed by atoms with van der Waals surface area (Å²) in [7, 11) is 0. The van der Waals surface area contributed by atoms with Gasteiger partial charge in [-0.3, -0.25) is 0 Å². The molecule has 1 saturated carbocycles. The minimum absolute atomic E-state index is 0.166. The molecule has 0 spiro atoms. The number of hydrogen-bond donors (Lipinski definition) is 0. The zero-order chi connectivity index (χ0) is 15.5. The second kappa shape index (κ2) is 6.68. The third-order valence-corrected chi connectivity index (χ3v) is 11.5. The summed E-state index contributed by atoms with van der Waals surface area (Å²) in [6.45, 7) is 4.38. The molecule has 114 valence electrons. The second-order valence-corrected chi connectivity index (χ2v) is 22.5. The summed E-state index contributed by atoms with van der Waals surface area (Å²) in [5, 5.41) is 0. The fourth-order valence-electron chi connectivity index (χ4n) is 3.25. The van der Waals surface area contributed by atoms with Gasteiger partial charge in [0.25, 0.3) is 0 Å². The Morgan fingerprint density at radius 1 is 1.19 bits per heavy atom. The molecule has 1 aliphatic rings. The normalized spacial score (nSPS) is 23.1. The van der Waals surface area contributed by atoms with E-state index in [4.69, 9.17) is 0 Å². The Labute approximate surface area is 133 Å². The molecule has 1 aliphatic carbocycles. The van der Waals surface area contributed by atoms with Gasteiger partial charge in [-0.25, -0.2) is 0 Å². The molecule has 1 aromatic rings. The van der Waals surface area contributed by atoms with E-state index < -0.39 is 18.4 Å². The van der Waals surface area contributed by atoms with Crippen molar-refractivity contribution in [2.45, 2.75) is 53.3 Å². The number of hydrogen-bond acceptors (Lipinski definition) is 1. The van der Waals surface area contributed by atoms with Crippen molar-refractivity contribution in [3.8, 4) is 0 Å². The van der Waals surface area contributed by atoms with Crippen LogP contribution in [0.4, 0.5) is 0 Å². The quantitative estimate of drug-likeness (QED) is 0.632. The molecular formula is C19H28OSn. The van der Waals surface area contributed by atoms with Gasteiger partial charge in [0.05, 0.1) is 0 Å². The summed E-state index contributed by atoms with van der Waals surface area (Å²) in [6, 6.07) is 10.5. The summed E-state index contributed by atoms with van der Waals surface area (Å²) in [6.07, 6.45) is 5.89. The Morgan fingerprint density at radius 2 is 1.86 bits per heavy atom. The molecule has 21 heavy (non-hydrogen) atoms. The van der Waals surface area contributed by atoms with Crippen LogP contribution in [0.5, 0.6) is 0 Å². The van der Waals surface area contributed by atoms with Gasteiger partial charge in [0.15, 0.2) is 0 Å². The van der Waals surface area contributed by atoms with Crippen molar-refractivity contribution in [1.82, 2.24) is 0 Å². The van der Waals surface area contributed by atoms with Crippen LogP contribution in [0.3, 0.4) is 0 Å². The molecule has 0 heterocycles. The maximum absolute atomic E-state index is 12.8. The first-order valence-corrected chi connectivity index (χ1v) is 18.1. The van der Waals surface area contributed by atoms with E-state index in [0.29, 0.717) is 5.78 Å². The number of carbonyl (C=O) groups excluding carboxylic acids is 1. The van der Waals surface area contributed by atoms with Crippen molar-refractivity contribution in [2.75, 3.05) is 0 Å². The molecule has 2 rings (SSSR count). The Balaban J connectivity index is 2.26. The molecule has 2 heteroatoms. The standard InChI is InChI=1S/C16H19O.3CH3.Sn/c1-2-11-16(12-7-6-10-15(16)17)13-14-8-4-3-5-9-14;;;;/h3-5,8-9H,1,6-7,10-13H2;3*1H3;. The summed E-state index contributed by atoms with van der Waals surface area (Å²) in [4.78, 5) is 20.0. The molecule has 1 aromatic carbocycles. The Bertz CT molecular complexity index is 512. The van der Waals surface area contributed by atoms with E-state index in [1.54, 1.807) is 0 Å². The summed E-state index contributed by atoms with van der Waals surface area (Å²) >= 11 is -2.13. The fraction of sp³-hybridized carbons (Fsp3) is 0.526.